The van der Waals surface area contributed by atoms with Crippen LogP contribution in [0.4, 0.5) is 0 Å². The average molecular weight is 268 g/mol. The third-order valence-electron chi connectivity index (χ3n) is 2.78. The Hall–Kier alpha value is -1.16. The fourth-order valence-electron chi connectivity index (χ4n) is 1.35. The smallest absolute Gasteiger partial charge is 0.316 e. The first-order chi connectivity index (χ1) is 8.45. The van der Waals surface area contributed by atoms with Gasteiger partial charge in [0.05, 0.1) is 5.41 Å². The van der Waals surface area contributed by atoms with E-state index in [9.17, 15) is 9.00 Å². The summed E-state index contributed by atoms with van der Waals surface area (Å²) < 4.78 is 16.7. The molecule has 3 nitrogen and oxygen atoms in total. The van der Waals surface area contributed by atoms with E-state index in [2.05, 4.69) is 0 Å². The third kappa shape index (κ3) is 4.61. The fourth-order valence-corrected chi connectivity index (χ4v) is 2.38. The number of carbonyl (C=O) groups excluding carboxylic acids is 1. The van der Waals surface area contributed by atoms with E-state index in [-0.39, 0.29) is 5.97 Å². The molecule has 0 amide bonds. The molecule has 0 spiro atoms. The van der Waals surface area contributed by atoms with Crippen molar-refractivity contribution in [1.29, 1.82) is 0 Å². The standard InChI is InChI=1S/C14H20O3S/c1-4-18(16)11-10-14(2,3)13(15)17-12-8-6-5-7-9-12/h5-9H,4,10-11H2,1-3H3. The van der Waals surface area contributed by atoms with Crippen molar-refractivity contribution in [3.63, 3.8) is 0 Å². The number of hydrogen-bond donors (Lipinski definition) is 0. The van der Waals surface area contributed by atoms with Crippen molar-refractivity contribution in [3.05, 3.63) is 30.3 Å². The van der Waals surface area contributed by atoms with Gasteiger partial charge in [-0.05, 0) is 32.4 Å². The lowest BCUT2D eigenvalue weighted by Gasteiger charge is -2.21. The van der Waals surface area contributed by atoms with Gasteiger partial charge in [0.2, 0.25) is 0 Å². The highest BCUT2D eigenvalue weighted by Crippen LogP contribution is 2.24. The molecule has 0 saturated carbocycles. The van der Waals surface area contributed by atoms with Crippen LogP contribution in [0, 0.1) is 5.41 Å². The summed E-state index contributed by atoms with van der Waals surface area (Å²) >= 11 is 0. The SMILES string of the molecule is CCS(=O)CCC(C)(C)C(=O)Oc1ccccc1. The topological polar surface area (TPSA) is 43.4 Å². The molecule has 0 saturated heterocycles. The quantitative estimate of drug-likeness (QED) is 0.588. The molecule has 0 heterocycles. The van der Waals surface area contributed by atoms with Crippen molar-refractivity contribution in [1.82, 2.24) is 0 Å². The number of esters is 1. The van der Waals surface area contributed by atoms with Crippen LogP contribution in [0.1, 0.15) is 27.2 Å². The van der Waals surface area contributed by atoms with E-state index >= 15 is 0 Å². The summed E-state index contributed by atoms with van der Waals surface area (Å²) in [5.74, 6) is 1.44. The zero-order valence-corrected chi connectivity index (χ0v) is 12.0. The first kappa shape index (κ1) is 14.9. The van der Waals surface area contributed by atoms with Crippen molar-refractivity contribution < 1.29 is 13.7 Å². The van der Waals surface area contributed by atoms with Gasteiger partial charge < -0.3 is 4.74 Å². The predicted octanol–water partition coefficient (Wildman–Crippen LogP) is 2.78. The molecule has 100 valence electrons. The van der Waals surface area contributed by atoms with Crippen molar-refractivity contribution in [2.75, 3.05) is 11.5 Å². The van der Waals surface area contributed by atoms with Crippen LogP contribution >= 0.6 is 0 Å². The zero-order chi connectivity index (χ0) is 13.6. The number of carbonyl (C=O) groups is 1. The minimum absolute atomic E-state index is 0.276. The molecule has 0 fully saturated rings. The predicted molar refractivity (Wildman–Crippen MR) is 74.0 cm³/mol. The molecule has 0 N–H and O–H groups in total. The Labute approximate surface area is 111 Å². The molecule has 18 heavy (non-hydrogen) atoms. The van der Waals surface area contributed by atoms with Crippen molar-refractivity contribution in [2.45, 2.75) is 27.2 Å². The Bertz CT molecular complexity index is 412. The summed E-state index contributed by atoms with van der Waals surface area (Å²) in [6.45, 7) is 5.53. The van der Waals surface area contributed by atoms with E-state index in [1.54, 1.807) is 12.1 Å². The molecule has 0 aliphatic rings. The molecular weight excluding hydrogens is 248 g/mol. The largest absolute Gasteiger partial charge is 0.426 e. The van der Waals surface area contributed by atoms with Gasteiger partial charge in [0.25, 0.3) is 0 Å². The lowest BCUT2D eigenvalue weighted by atomic mass is 9.90. The molecule has 0 aliphatic heterocycles. The Morgan fingerprint density at radius 1 is 1.28 bits per heavy atom. The Morgan fingerprint density at radius 3 is 2.44 bits per heavy atom. The van der Waals surface area contributed by atoms with E-state index < -0.39 is 16.2 Å². The van der Waals surface area contributed by atoms with Gasteiger partial charge >= 0.3 is 5.97 Å². The van der Waals surface area contributed by atoms with Crippen molar-refractivity contribution >= 4 is 16.8 Å². The van der Waals surface area contributed by atoms with Gasteiger partial charge in [-0.1, -0.05) is 25.1 Å². The fraction of sp³-hybridized carbons (Fsp3) is 0.500. The Balaban J connectivity index is 2.56. The highest BCUT2D eigenvalue weighted by molar-refractivity contribution is 7.84. The Morgan fingerprint density at radius 2 is 1.89 bits per heavy atom. The first-order valence-electron chi connectivity index (χ1n) is 6.08. The molecule has 1 rings (SSSR count). The second-order valence-electron chi connectivity index (χ2n) is 4.77. The van der Waals surface area contributed by atoms with Crippen molar-refractivity contribution in [2.24, 2.45) is 5.41 Å². The van der Waals surface area contributed by atoms with Gasteiger partial charge in [0.1, 0.15) is 5.75 Å². The van der Waals surface area contributed by atoms with E-state index in [0.717, 1.165) is 0 Å². The monoisotopic (exact) mass is 268 g/mol. The maximum absolute atomic E-state index is 12.0. The molecule has 1 atom stereocenters. The van der Waals surface area contributed by atoms with Gasteiger partial charge in [-0.2, -0.15) is 0 Å². The number of rotatable bonds is 6. The summed E-state index contributed by atoms with van der Waals surface area (Å²) in [5, 5.41) is 0. The summed E-state index contributed by atoms with van der Waals surface area (Å²) in [6.07, 6.45) is 0.569. The molecule has 1 unspecified atom stereocenters. The van der Waals surface area contributed by atoms with Gasteiger partial charge in [-0.25, -0.2) is 0 Å². The van der Waals surface area contributed by atoms with Crippen molar-refractivity contribution in [3.8, 4) is 5.75 Å². The second-order valence-corrected chi connectivity index (χ2v) is 6.63. The molecular formula is C14H20O3S. The van der Waals surface area contributed by atoms with Gasteiger partial charge in [-0.15, -0.1) is 0 Å². The summed E-state index contributed by atoms with van der Waals surface area (Å²) in [6, 6.07) is 9.01. The van der Waals surface area contributed by atoms with Gasteiger partial charge in [-0.3, -0.25) is 9.00 Å². The van der Waals surface area contributed by atoms with E-state index in [0.29, 0.717) is 23.7 Å². The van der Waals surface area contributed by atoms with Crippen LogP contribution in [0.5, 0.6) is 5.75 Å². The minimum Gasteiger partial charge on any atom is -0.426 e. The first-order valence-corrected chi connectivity index (χ1v) is 7.57. The second kappa shape index (κ2) is 6.69. The van der Waals surface area contributed by atoms with Crippen LogP contribution in [0.3, 0.4) is 0 Å². The van der Waals surface area contributed by atoms with Crippen LogP contribution in [0.15, 0.2) is 30.3 Å². The highest BCUT2D eigenvalue weighted by atomic mass is 32.2. The van der Waals surface area contributed by atoms with Crippen LogP contribution in [-0.2, 0) is 15.6 Å². The lowest BCUT2D eigenvalue weighted by molar-refractivity contribution is -0.144. The maximum atomic E-state index is 12.0. The maximum Gasteiger partial charge on any atom is 0.316 e. The number of ether oxygens (including phenoxy) is 1. The third-order valence-corrected chi connectivity index (χ3v) is 4.09. The molecule has 0 aliphatic carbocycles. The van der Waals surface area contributed by atoms with Crippen LogP contribution in [0.2, 0.25) is 0 Å². The highest BCUT2D eigenvalue weighted by Gasteiger charge is 2.30. The van der Waals surface area contributed by atoms with Gasteiger partial charge in [0, 0.05) is 22.3 Å². The van der Waals surface area contributed by atoms with Crippen LogP contribution < -0.4 is 4.74 Å². The minimum atomic E-state index is -0.844. The number of para-hydroxylation sites is 1. The number of benzene rings is 1. The lowest BCUT2D eigenvalue weighted by Crippen LogP contribution is -2.30. The molecule has 4 heteroatoms. The molecule has 0 aromatic heterocycles. The van der Waals surface area contributed by atoms with E-state index in [1.807, 2.05) is 39.0 Å². The number of hydrogen-bond acceptors (Lipinski definition) is 3. The summed E-state index contributed by atoms with van der Waals surface area (Å²) in [4.78, 5) is 12.0. The van der Waals surface area contributed by atoms with Crippen LogP contribution in [0.25, 0.3) is 0 Å². The summed E-state index contributed by atoms with van der Waals surface area (Å²) in [7, 11) is -0.844. The zero-order valence-electron chi connectivity index (χ0n) is 11.1. The Kier molecular flexibility index (Phi) is 5.54. The van der Waals surface area contributed by atoms with E-state index in [4.69, 9.17) is 4.74 Å². The molecule has 0 radical (unpaired) electrons. The molecule has 1 aromatic rings. The van der Waals surface area contributed by atoms with Crippen LogP contribution in [-0.4, -0.2) is 21.7 Å². The van der Waals surface area contributed by atoms with E-state index in [1.165, 1.54) is 0 Å². The summed E-state index contributed by atoms with van der Waals surface area (Å²) in [5.41, 5.74) is -0.610. The average Bonchev–Trinajstić information content (AvgIpc) is 2.37. The van der Waals surface area contributed by atoms with Gasteiger partial charge in [0.15, 0.2) is 0 Å². The molecule has 0 bridgehead atoms. The normalized spacial score (nSPS) is 13.1. The molecule has 1 aromatic carbocycles.